The molecule has 0 heterocycles. The van der Waals surface area contributed by atoms with Crippen LogP contribution in [0.5, 0.6) is 0 Å². The summed E-state index contributed by atoms with van der Waals surface area (Å²) in [6.07, 6.45) is 4.27. The van der Waals surface area contributed by atoms with Gasteiger partial charge in [0.2, 0.25) is 10.0 Å². The van der Waals surface area contributed by atoms with E-state index in [1.165, 1.54) is 19.2 Å². The van der Waals surface area contributed by atoms with Gasteiger partial charge in [-0.2, -0.15) is 4.31 Å². The lowest BCUT2D eigenvalue weighted by Gasteiger charge is -2.32. The van der Waals surface area contributed by atoms with Crippen LogP contribution < -0.4 is 0 Å². The molecule has 22 heavy (non-hydrogen) atoms. The third-order valence-electron chi connectivity index (χ3n) is 3.63. The van der Waals surface area contributed by atoms with Crippen molar-refractivity contribution >= 4 is 10.0 Å². The monoisotopic (exact) mass is 325 g/mol. The van der Waals surface area contributed by atoms with Gasteiger partial charge in [-0.1, -0.05) is 23.6 Å². The summed E-state index contributed by atoms with van der Waals surface area (Å²) in [6.45, 7) is 4.99. The molecular formula is C16H23NO4S. The van der Waals surface area contributed by atoms with Crippen LogP contribution in [0.1, 0.15) is 19.4 Å². The Hall–Kier alpha value is -1.39. The van der Waals surface area contributed by atoms with Crippen molar-refractivity contribution in [3.05, 3.63) is 29.8 Å². The largest absolute Gasteiger partial charge is 0.389 e. The van der Waals surface area contributed by atoms with Crippen molar-refractivity contribution in [2.24, 2.45) is 0 Å². The van der Waals surface area contributed by atoms with Gasteiger partial charge in [0.1, 0.15) is 0 Å². The van der Waals surface area contributed by atoms with Crippen LogP contribution in [0.4, 0.5) is 0 Å². The lowest BCUT2D eigenvalue weighted by Crippen LogP contribution is -2.47. The second-order valence-electron chi connectivity index (χ2n) is 5.64. The lowest BCUT2D eigenvalue weighted by molar-refractivity contribution is -0.0810. The molecule has 1 N–H and O–H groups in total. The highest BCUT2D eigenvalue weighted by Gasteiger charge is 2.33. The number of aliphatic hydroxyl groups excluding tert-OH is 1. The Labute approximate surface area is 133 Å². The molecule has 0 aliphatic rings. The summed E-state index contributed by atoms with van der Waals surface area (Å²) in [5, 5.41) is 10.2. The number of aryl methyl sites for hydroxylation is 1. The minimum absolute atomic E-state index is 0.118. The first-order chi connectivity index (χ1) is 10.1. The smallest absolute Gasteiger partial charge is 0.244 e. The van der Waals surface area contributed by atoms with E-state index in [-0.39, 0.29) is 18.0 Å². The molecule has 0 aromatic heterocycles. The summed E-state index contributed by atoms with van der Waals surface area (Å²) in [5.41, 5.74) is 0.0818. The van der Waals surface area contributed by atoms with Crippen molar-refractivity contribution in [1.29, 1.82) is 0 Å². The number of methoxy groups -OCH3 is 1. The van der Waals surface area contributed by atoms with Gasteiger partial charge < -0.3 is 9.84 Å². The van der Waals surface area contributed by atoms with Gasteiger partial charge in [-0.15, -0.1) is 6.42 Å². The fraction of sp³-hybridized carbons (Fsp3) is 0.500. The number of aliphatic hydroxyl groups is 1. The van der Waals surface area contributed by atoms with Crippen LogP contribution in [0.2, 0.25) is 0 Å². The molecule has 1 aromatic rings. The van der Waals surface area contributed by atoms with E-state index in [0.717, 1.165) is 9.87 Å². The van der Waals surface area contributed by atoms with E-state index in [4.69, 9.17) is 11.2 Å². The van der Waals surface area contributed by atoms with Gasteiger partial charge in [-0.05, 0) is 32.9 Å². The number of rotatable bonds is 7. The van der Waals surface area contributed by atoms with Gasteiger partial charge in [-0.3, -0.25) is 0 Å². The Morgan fingerprint density at radius 1 is 1.36 bits per heavy atom. The molecule has 0 radical (unpaired) electrons. The summed E-state index contributed by atoms with van der Waals surface area (Å²) in [4.78, 5) is 0.149. The number of terminal acetylenes is 1. The summed E-state index contributed by atoms with van der Waals surface area (Å²) >= 11 is 0. The summed E-state index contributed by atoms with van der Waals surface area (Å²) in [7, 11) is -2.31. The van der Waals surface area contributed by atoms with Crippen LogP contribution in [0.3, 0.4) is 0 Å². The molecular weight excluding hydrogens is 302 g/mol. The van der Waals surface area contributed by atoms with E-state index in [2.05, 4.69) is 5.92 Å². The van der Waals surface area contributed by atoms with Crippen LogP contribution in [0, 0.1) is 19.3 Å². The summed E-state index contributed by atoms with van der Waals surface area (Å²) in [5.74, 6) is 2.32. The van der Waals surface area contributed by atoms with E-state index >= 15 is 0 Å². The lowest BCUT2D eigenvalue weighted by atomic mass is 10.0. The van der Waals surface area contributed by atoms with Crippen LogP contribution >= 0.6 is 0 Å². The van der Waals surface area contributed by atoms with Crippen LogP contribution in [0.25, 0.3) is 0 Å². The molecule has 1 unspecified atom stereocenters. The Kier molecular flexibility index (Phi) is 6.15. The van der Waals surface area contributed by atoms with E-state index in [1.54, 1.807) is 26.0 Å². The molecule has 1 rings (SSSR count). The van der Waals surface area contributed by atoms with E-state index < -0.39 is 21.7 Å². The molecule has 0 saturated heterocycles. The molecule has 0 saturated carbocycles. The average Bonchev–Trinajstić information content (AvgIpc) is 2.47. The molecule has 1 aromatic carbocycles. The number of ether oxygens (including phenoxy) is 1. The summed E-state index contributed by atoms with van der Waals surface area (Å²) in [6, 6.07) is 6.50. The number of nitrogens with zero attached hydrogens (tertiary/aromatic N) is 1. The molecule has 0 bridgehead atoms. The molecule has 0 aliphatic carbocycles. The number of benzene rings is 1. The topological polar surface area (TPSA) is 66.8 Å². The van der Waals surface area contributed by atoms with Crippen LogP contribution in [0.15, 0.2) is 29.2 Å². The zero-order valence-electron chi connectivity index (χ0n) is 13.4. The second kappa shape index (κ2) is 7.25. The highest BCUT2D eigenvalue weighted by atomic mass is 32.2. The van der Waals surface area contributed by atoms with Gasteiger partial charge in [0, 0.05) is 13.7 Å². The maximum atomic E-state index is 12.7. The van der Waals surface area contributed by atoms with Gasteiger partial charge in [0.25, 0.3) is 0 Å². The molecule has 122 valence electrons. The fourth-order valence-electron chi connectivity index (χ4n) is 1.76. The van der Waals surface area contributed by atoms with Crippen molar-refractivity contribution in [3.63, 3.8) is 0 Å². The predicted octanol–water partition coefficient (Wildman–Crippen LogP) is 1.40. The first-order valence-electron chi connectivity index (χ1n) is 6.88. The molecule has 6 heteroatoms. The maximum Gasteiger partial charge on any atom is 0.244 e. The Balaban J connectivity index is 3.09. The van der Waals surface area contributed by atoms with Crippen molar-refractivity contribution < 1.29 is 18.3 Å². The Morgan fingerprint density at radius 2 is 1.91 bits per heavy atom. The predicted molar refractivity (Wildman–Crippen MR) is 85.9 cm³/mol. The quantitative estimate of drug-likeness (QED) is 0.770. The van der Waals surface area contributed by atoms with Crippen molar-refractivity contribution in [2.75, 3.05) is 20.2 Å². The van der Waals surface area contributed by atoms with Gasteiger partial charge >= 0.3 is 0 Å². The zero-order chi connectivity index (χ0) is 17.0. The second-order valence-corrected chi connectivity index (χ2v) is 7.58. The molecule has 1 atom stereocenters. The molecule has 0 spiro atoms. The normalized spacial score (nSPS) is 13.9. The third kappa shape index (κ3) is 4.31. The van der Waals surface area contributed by atoms with E-state index in [1.807, 2.05) is 6.92 Å². The molecule has 0 aliphatic heterocycles. The van der Waals surface area contributed by atoms with E-state index in [9.17, 15) is 13.5 Å². The van der Waals surface area contributed by atoms with E-state index in [0.29, 0.717) is 0 Å². The standard InChI is InChI=1S/C16H23NO4S/c1-6-11-17(12-15(18)16(3,4)21-5)22(19,20)14-9-7-13(2)8-10-14/h1,7-10,15,18H,11-12H2,2-5H3. The average molecular weight is 325 g/mol. The molecule has 0 fully saturated rings. The van der Waals surface area contributed by atoms with Crippen molar-refractivity contribution in [3.8, 4) is 12.3 Å². The Bertz CT molecular complexity index is 629. The van der Waals surface area contributed by atoms with Gasteiger partial charge in [0.05, 0.1) is 23.1 Å². The van der Waals surface area contributed by atoms with Crippen molar-refractivity contribution in [2.45, 2.75) is 37.4 Å². The fourth-order valence-corrected chi connectivity index (χ4v) is 3.12. The minimum atomic E-state index is -3.77. The molecule has 5 nitrogen and oxygen atoms in total. The molecule has 0 amide bonds. The third-order valence-corrected chi connectivity index (χ3v) is 5.46. The highest BCUT2D eigenvalue weighted by molar-refractivity contribution is 7.89. The zero-order valence-corrected chi connectivity index (χ0v) is 14.2. The first kappa shape index (κ1) is 18.7. The van der Waals surface area contributed by atoms with Crippen LogP contribution in [-0.4, -0.2) is 49.7 Å². The number of hydrogen-bond acceptors (Lipinski definition) is 4. The number of hydrogen-bond donors (Lipinski definition) is 1. The summed E-state index contributed by atoms with van der Waals surface area (Å²) < 4.78 is 31.6. The number of sulfonamides is 1. The van der Waals surface area contributed by atoms with Crippen molar-refractivity contribution in [1.82, 2.24) is 4.31 Å². The van der Waals surface area contributed by atoms with Gasteiger partial charge in [0.15, 0.2) is 0 Å². The van der Waals surface area contributed by atoms with Gasteiger partial charge in [-0.25, -0.2) is 8.42 Å². The SMILES string of the molecule is C#CCN(CC(O)C(C)(C)OC)S(=O)(=O)c1ccc(C)cc1. The van der Waals surface area contributed by atoms with Crippen LogP contribution in [-0.2, 0) is 14.8 Å². The highest BCUT2D eigenvalue weighted by Crippen LogP contribution is 2.20. The maximum absolute atomic E-state index is 12.7. The Morgan fingerprint density at radius 3 is 2.36 bits per heavy atom. The minimum Gasteiger partial charge on any atom is -0.389 e. The first-order valence-corrected chi connectivity index (χ1v) is 8.32.